The molecule has 0 spiro atoms. The highest BCUT2D eigenvalue weighted by Crippen LogP contribution is 2.09. The van der Waals surface area contributed by atoms with Crippen LogP contribution in [0.3, 0.4) is 0 Å². The standard InChI is InChI=1S/C11H21NO2/c1-4-6-7-8-9(10(13)5-2)11(14)12-3/h8,10,13H,4-7H2,1-3H3,(H,12,14). The Hall–Kier alpha value is -0.830. The van der Waals surface area contributed by atoms with Crippen LogP contribution in [-0.2, 0) is 4.79 Å². The van der Waals surface area contributed by atoms with Gasteiger partial charge in [-0.2, -0.15) is 0 Å². The maximum atomic E-state index is 11.4. The molecule has 1 unspecified atom stereocenters. The molecule has 0 aliphatic heterocycles. The molecule has 0 fully saturated rings. The molecule has 0 rings (SSSR count). The van der Waals surface area contributed by atoms with E-state index < -0.39 is 6.10 Å². The minimum Gasteiger partial charge on any atom is -0.388 e. The second-order valence-corrected chi connectivity index (χ2v) is 3.30. The lowest BCUT2D eigenvalue weighted by Gasteiger charge is -2.11. The van der Waals surface area contributed by atoms with Crippen LogP contribution in [0.2, 0.25) is 0 Å². The summed E-state index contributed by atoms with van der Waals surface area (Å²) in [7, 11) is 1.58. The Morgan fingerprint density at radius 1 is 1.50 bits per heavy atom. The van der Waals surface area contributed by atoms with Crippen molar-refractivity contribution in [2.75, 3.05) is 7.05 Å². The Kier molecular flexibility index (Phi) is 7.11. The van der Waals surface area contributed by atoms with E-state index in [1.54, 1.807) is 7.05 Å². The number of carbonyl (C=O) groups is 1. The molecule has 3 heteroatoms. The molecule has 0 saturated carbocycles. The molecular formula is C11H21NO2. The van der Waals surface area contributed by atoms with Gasteiger partial charge in [0.2, 0.25) is 5.91 Å². The smallest absolute Gasteiger partial charge is 0.249 e. The fourth-order valence-corrected chi connectivity index (χ4v) is 1.21. The number of amides is 1. The van der Waals surface area contributed by atoms with Crippen LogP contribution in [0, 0.1) is 0 Å². The minimum absolute atomic E-state index is 0.171. The van der Waals surface area contributed by atoms with Crippen LogP contribution in [0.4, 0.5) is 0 Å². The highest BCUT2D eigenvalue weighted by molar-refractivity contribution is 5.94. The van der Waals surface area contributed by atoms with E-state index in [0.717, 1.165) is 19.3 Å². The fourth-order valence-electron chi connectivity index (χ4n) is 1.21. The molecule has 3 nitrogen and oxygen atoms in total. The van der Waals surface area contributed by atoms with Crippen LogP contribution in [0.25, 0.3) is 0 Å². The number of aliphatic hydroxyl groups excluding tert-OH is 1. The summed E-state index contributed by atoms with van der Waals surface area (Å²) in [5.41, 5.74) is 0.503. The number of rotatable bonds is 6. The first-order valence-corrected chi connectivity index (χ1v) is 5.27. The van der Waals surface area contributed by atoms with E-state index in [0.29, 0.717) is 12.0 Å². The third kappa shape index (κ3) is 4.42. The zero-order valence-corrected chi connectivity index (χ0v) is 9.34. The van der Waals surface area contributed by atoms with Gasteiger partial charge < -0.3 is 10.4 Å². The number of likely N-dealkylation sites (N-methyl/N-ethyl adjacent to an activating group) is 1. The lowest BCUT2D eigenvalue weighted by molar-refractivity contribution is -0.118. The second kappa shape index (κ2) is 7.56. The topological polar surface area (TPSA) is 49.3 Å². The molecule has 0 saturated heterocycles. The van der Waals surface area contributed by atoms with Crippen molar-refractivity contribution >= 4 is 5.91 Å². The molecule has 0 bridgehead atoms. The largest absolute Gasteiger partial charge is 0.388 e. The molecule has 0 aromatic rings. The zero-order chi connectivity index (χ0) is 11.0. The summed E-state index contributed by atoms with van der Waals surface area (Å²) in [6, 6.07) is 0. The van der Waals surface area contributed by atoms with Crippen LogP contribution in [0.15, 0.2) is 11.6 Å². The number of unbranched alkanes of at least 4 members (excludes halogenated alkanes) is 2. The zero-order valence-electron chi connectivity index (χ0n) is 9.34. The number of carbonyl (C=O) groups excluding carboxylic acids is 1. The van der Waals surface area contributed by atoms with Gasteiger partial charge in [0, 0.05) is 12.6 Å². The van der Waals surface area contributed by atoms with Gasteiger partial charge in [-0.3, -0.25) is 4.79 Å². The summed E-state index contributed by atoms with van der Waals surface area (Å²) in [4.78, 5) is 11.4. The summed E-state index contributed by atoms with van der Waals surface area (Å²) in [6.45, 7) is 3.96. The van der Waals surface area contributed by atoms with Gasteiger partial charge in [-0.15, -0.1) is 0 Å². The average Bonchev–Trinajstić information content (AvgIpc) is 2.22. The minimum atomic E-state index is -0.633. The van der Waals surface area contributed by atoms with Gasteiger partial charge in [-0.05, 0) is 12.8 Å². The molecular weight excluding hydrogens is 178 g/mol. The van der Waals surface area contributed by atoms with Crippen LogP contribution in [-0.4, -0.2) is 24.2 Å². The number of nitrogens with one attached hydrogen (secondary N) is 1. The van der Waals surface area contributed by atoms with E-state index in [9.17, 15) is 9.90 Å². The maximum Gasteiger partial charge on any atom is 0.249 e. The van der Waals surface area contributed by atoms with E-state index in [1.807, 2.05) is 13.0 Å². The first-order valence-electron chi connectivity index (χ1n) is 5.27. The monoisotopic (exact) mass is 199 g/mol. The molecule has 14 heavy (non-hydrogen) atoms. The van der Waals surface area contributed by atoms with Crippen molar-refractivity contribution in [2.24, 2.45) is 0 Å². The summed E-state index contributed by atoms with van der Waals surface area (Å²) in [5.74, 6) is -0.171. The Morgan fingerprint density at radius 3 is 2.57 bits per heavy atom. The van der Waals surface area contributed by atoms with E-state index in [4.69, 9.17) is 0 Å². The number of allylic oxidation sites excluding steroid dienone is 1. The van der Waals surface area contributed by atoms with Crippen molar-refractivity contribution in [3.05, 3.63) is 11.6 Å². The first kappa shape index (κ1) is 13.2. The van der Waals surface area contributed by atoms with Gasteiger partial charge in [-0.25, -0.2) is 0 Å². The molecule has 1 atom stereocenters. The Balaban J connectivity index is 4.38. The van der Waals surface area contributed by atoms with Gasteiger partial charge in [-0.1, -0.05) is 32.8 Å². The Bertz CT molecular complexity index is 199. The van der Waals surface area contributed by atoms with E-state index in [1.165, 1.54) is 0 Å². The average molecular weight is 199 g/mol. The molecule has 82 valence electrons. The predicted octanol–water partition coefficient (Wildman–Crippen LogP) is 1.62. The van der Waals surface area contributed by atoms with Crippen molar-refractivity contribution in [1.82, 2.24) is 5.32 Å². The summed E-state index contributed by atoms with van der Waals surface area (Å²) in [6.07, 6.45) is 4.79. The van der Waals surface area contributed by atoms with Crippen molar-refractivity contribution in [3.8, 4) is 0 Å². The summed E-state index contributed by atoms with van der Waals surface area (Å²) >= 11 is 0. The predicted molar refractivity (Wildman–Crippen MR) is 58.0 cm³/mol. The van der Waals surface area contributed by atoms with Crippen LogP contribution < -0.4 is 5.32 Å². The lowest BCUT2D eigenvalue weighted by atomic mass is 10.0. The quantitative estimate of drug-likeness (QED) is 0.504. The van der Waals surface area contributed by atoms with Gasteiger partial charge in [0.05, 0.1) is 6.10 Å². The molecule has 0 heterocycles. The van der Waals surface area contributed by atoms with E-state index in [-0.39, 0.29) is 5.91 Å². The molecule has 2 N–H and O–H groups in total. The second-order valence-electron chi connectivity index (χ2n) is 3.30. The summed E-state index contributed by atoms with van der Waals surface area (Å²) in [5, 5.41) is 12.1. The first-order chi connectivity index (χ1) is 6.67. The maximum absolute atomic E-state index is 11.4. The van der Waals surface area contributed by atoms with Crippen molar-refractivity contribution in [2.45, 2.75) is 45.6 Å². The number of aliphatic hydroxyl groups is 1. The molecule has 0 aliphatic carbocycles. The third-order valence-electron chi connectivity index (χ3n) is 2.16. The van der Waals surface area contributed by atoms with Crippen molar-refractivity contribution in [1.29, 1.82) is 0 Å². The van der Waals surface area contributed by atoms with Gasteiger partial charge in [0.25, 0.3) is 0 Å². The van der Waals surface area contributed by atoms with Crippen molar-refractivity contribution < 1.29 is 9.90 Å². The van der Waals surface area contributed by atoms with Crippen LogP contribution in [0.1, 0.15) is 39.5 Å². The molecule has 1 amide bonds. The summed E-state index contributed by atoms with van der Waals surface area (Å²) < 4.78 is 0. The number of hydrogen-bond donors (Lipinski definition) is 2. The van der Waals surface area contributed by atoms with Gasteiger partial charge in [0.15, 0.2) is 0 Å². The Labute approximate surface area is 86.2 Å². The lowest BCUT2D eigenvalue weighted by Crippen LogP contribution is -2.27. The highest BCUT2D eigenvalue weighted by Gasteiger charge is 2.14. The van der Waals surface area contributed by atoms with Gasteiger partial charge in [0.1, 0.15) is 0 Å². The third-order valence-corrected chi connectivity index (χ3v) is 2.16. The fraction of sp³-hybridized carbons (Fsp3) is 0.727. The van der Waals surface area contributed by atoms with Crippen LogP contribution in [0.5, 0.6) is 0 Å². The SMILES string of the molecule is CCCCC=C(C(=O)NC)C(O)CC. The van der Waals surface area contributed by atoms with Crippen LogP contribution >= 0.6 is 0 Å². The van der Waals surface area contributed by atoms with E-state index >= 15 is 0 Å². The number of hydrogen-bond acceptors (Lipinski definition) is 2. The molecule has 0 aliphatic rings. The highest BCUT2D eigenvalue weighted by atomic mass is 16.3. The van der Waals surface area contributed by atoms with Gasteiger partial charge >= 0.3 is 0 Å². The molecule has 0 radical (unpaired) electrons. The molecule has 0 aromatic heterocycles. The molecule has 0 aromatic carbocycles. The normalized spacial score (nSPS) is 13.9. The Morgan fingerprint density at radius 2 is 2.14 bits per heavy atom. The van der Waals surface area contributed by atoms with Crippen molar-refractivity contribution in [3.63, 3.8) is 0 Å². The van der Waals surface area contributed by atoms with E-state index in [2.05, 4.69) is 12.2 Å².